The Morgan fingerprint density at radius 1 is 0.960 bits per heavy atom. The monoisotopic (exact) mass is 352 g/mol. The van der Waals surface area contributed by atoms with Gasteiger partial charge in [0.2, 0.25) is 5.65 Å². The predicted molar refractivity (Wildman–Crippen MR) is 97.2 cm³/mol. The second kappa shape index (κ2) is 5.92. The lowest BCUT2D eigenvalue weighted by Gasteiger charge is -2.23. The summed E-state index contributed by atoms with van der Waals surface area (Å²) in [4.78, 5) is 19.1. The third-order valence-electron chi connectivity index (χ3n) is 4.53. The standard InChI is InChI=1S/C16H16N8S/c1-4-22(13-12-2-9-25-16(12)19-10-18-13)7-8-23(5-1)14-15-21-20-11-24(15)6-3-17-14/h2-3,6,9-11H,1,4-5,7-8H2. The molecular formula is C16H16N8S. The van der Waals surface area contributed by atoms with Crippen LogP contribution in [0.4, 0.5) is 11.6 Å². The van der Waals surface area contributed by atoms with E-state index >= 15 is 0 Å². The van der Waals surface area contributed by atoms with Crippen molar-refractivity contribution in [1.29, 1.82) is 0 Å². The summed E-state index contributed by atoms with van der Waals surface area (Å²) in [5, 5.41) is 11.4. The van der Waals surface area contributed by atoms with Crippen molar-refractivity contribution in [2.24, 2.45) is 0 Å². The van der Waals surface area contributed by atoms with Crippen LogP contribution >= 0.6 is 11.3 Å². The van der Waals surface area contributed by atoms with Crippen LogP contribution in [0.15, 0.2) is 36.5 Å². The first-order chi connectivity index (χ1) is 12.4. The molecule has 1 aliphatic rings. The zero-order valence-corrected chi connectivity index (χ0v) is 14.3. The van der Waals surface area contributed by atoms with Crippen LogP contribution in [0, 0.1) is 0 Å². The van der Waals surface area contributed by atoms with Crippen LogP contribution in [-0.4, -0.2) is 55.7 Å². The van der Waals surface area contributed by atoms with Crippen molar-refractivity contribution in [2.75, 3.05) is 36.0 Å². The van der Waals surface area contributed by atoms with E-state index in [2.05, 4.69) is 46.4 Å². The molecule has 9 heteroatoms. The normalized spacial score (nSPS) is 15.8. The van der Waals surface area contributed by atoms with E-state index in [1.54, 1.807) is 30.2 Å². The third-order valence-corrected chi connectivity index (χ3v) is 5.35. The fourth-order valence-corrected chi connectivity index (χ4v) is 4.07. The van der Waals surface area contributed by atoms with Crippen molar-refractivity contribution >= 4 is 38.8 Å². The predicted octanol–water partition coefficient (Wildman–Crippen LogP) is 1.85. The van der Waals surface area contributed by atoms with E-state index < -0.39 is 0 Å². The highest BCUT2D eigenvalue weighted by Crippen LogP contribution is 2.28. The van der Waals surface area contributed by atoms with Crippen LogP contribution in [0.1, 0.15) is 6.42 Å². The first-order valence-electron chi connectivity index (χ1n) is 8.22. The Labute approximate surface area is 147 Å². The van der Waals surface area contributed by atoms with Crippen LogP contribution < -0.4 is 9.80 Å². The first-order valence-corrected chi connectivity index (χ1v) is 9.10. The molecule has 8 nitrogen and oxygen atoms in total. The molecule has 4 aromatic heterocycles. The molecule has 0 bridgehead atoms. The average Bonchev–Trinajstić information content (AvgIpc) is 3.25. The maximum absolute atomic E-state index is 4.54. The highest BCUT2D eigenvalue weighted by Gasteiger charge is 2.21. The molecular weight excluding hydrogens is 336 g/mol. The zero-order chi connectivity index (χ0) is 16.6. The smallest absolute Gasteiger partial charge is 0.203 e. The molecule has 0 atom stereocenters. The highest BCUT2D eigenvalue weighted by molar-refractivity contribution is 7.16. The summed E-state index contributed by atoms with van der Waals surface area (Å²) in [6.45, 7) is 3.66. The van der Waals surface area contributed by atoms with E-state index in [0.717, 1.165) is 60.1 Å². The Bertz CT molecular complexity index is 943. The molecule has 0 spiro atoms. The maximum Gasteiger partial charge on any atom is 0.203 e. The van der Waals surface area contributed by atoms with Gasteiger partial charge < -0.3 is 9.80 Å². The Balaban J connectivity index is 1.44. The van der Waals surface area contributed by atoms with E-state index in [1.807, 2.05) is 10.6 Å². The Hall–Kier alpha value is -2.81. The topological polar surface area (TPSA) is 75.3 Å². The molecule has 0 amide bonds. The van der Waals surface area contributed by atoms with Gasteiger partial charge in [-0.15, -0.1) is 21.5 Å². The van der Waals surface area contributed by atoms with Crippen LogP contribution in [0.2, 0.25) is 0 Å². The average molecular weight is 352 g/mol. The summed E-state index contributed by atoms with van der Waals surface area (Å²) < 4.78 is 1.91. The van der Waals surface area contributed by atoms with Gasteiger partial charge in [0, 0.05) is 38.6 Å². The molecule has 0 saturated carbocycles. The molecule has 25 heavy (non-hydrogen) atoms. The van der Waals surface area contributed by atoms with Crippen molar-refractivity contribution in [2.45, 2.75) is 6.42 Å². The molecule has 1 saturated heterocycles. The van der Waals surface area contributed by atoms with Gasteiger partial charge in [-0.25, -0.2) is 15.0 Å². The van der Waals surface area contributed by atoms with Crippen molar-refractivity contribution in [1.82, 2.24) is 29.5 Å². The minimum Gasteiger partial charge on any atom is -0.354 e. The Morgan fingerprint density at radius 2 is 1.84 bits per heavy atom. The fraction of sp³-hybridized carbons (Fsp3) is 0.312. The summed E-state index contributed by atoms with van der Waals surface area (Å²) in [5.41, 5.74) is 0.804. The molecule has 0 N–H and O–H groups in total. The number of fused-ring (bicyclic) bond motifs is 2. The van der Waals surface area contributed by atoms with Crippen LogP contribution in [-0.2, 0) is 0 Å². The number of rotatable bonds is 2. The van der Waals surface area contributed by atoms with Crippen molar-refractivity contribution < 1.29 is 0 Å². The second-order valence-electron chi connectivity index (χ2n) is 5.98. The summed E-state index contributed by atoms with van der Waals surface area (Å²) in [6.07, 6.45) is 8.07. The molecule has 0 radical (unpaired) electrons. The van der Waals surface area contributed by atoms with Gasteiger partial charge in [0.05, 0.1) is 5.39 Å². The van der Waals surface area contributed by atoms with Gasteiger partial charge in [-0.3, -0.25) is 4.40 Å². The van der Waals surface area contributed by atoms with Crippen molar-refractivity contribution in [3.63, 3.8) is 0 Å². The molecule has 0 aromatic carbocycles. The highest BCUT2D eigenvalue weighted by atomic mass is 32.1. The Morgan fingerprint density at radius 3 is 2.76 bits per heavy atom. The number of aromatic nitrogens is 6. The van der Waals surface area contributed by atoms with Gasteiger partial charge in [0.25, 0.3) is 0 Å². The number of thiophene rings is 1. The third kappa shape index (κ3) is 2.47. The summed E-state index contributed by atoms with van der Waals surface area (Å²) >= 11 is 1.65. The van der Waals surface area contributed by atoms with E-state index in [4.69, 9.17) is 0 Å². The molecule has 0 unspecified atom stereocenters. The van der Waals surface area contributed by atoms with Gasteiger partial charge in [-0.05, 0) is 17.9 Å². The first kappa shape index (κ1) is 14.5. The number of hydrogen-bond acceptors (Lipinski definition) is 8. The molecule has 1 fully saturated rings. The lowest BCUT2D eigenvalue weighted by Crippen LogP contribution is -2.32. The van der Waals surface area contributed by atoms with E-state index in [1.165, 1.54) is 0 Å². The second-order valence-corrected chi connectivity index (χ2v) is 6.87. The number of anilines is 2. The van der Waals surface area contributed by atoms with Gasteiger partial charge in [0.15, 0.2) is 5.82 Å². The number of nitrogens with zero attached hydrogens (tertiary/aromatic N) is 8. The van der Waals surface area contributed by atoms with E-state index in [0.29, 0.717) is 0 Å². The minimum absolute atomic E-state index is 0.804. The van der Waals surface area contributed by atoms with Gasteiger partial charge >= 0.3 is 0 Å². The zero-order valence-electron chi connectivity index (χ0n) is 13.5. The summed E-state index contributed by atoms with van der Waals surface area (Å²) in [6, 6.07) is 2.11. The lowest BCUT2D eigenvalue weighted by molar-refractivity contribution is 0.794. The minimum atomic E-state index is 0.804. The van der Waals surface area contributed by atoms with Crippen LogP contribution in [0.5, 0.6) is 0 Å². The molecule has 5 heterocycles. The van der Waals surface area contributed by atoms with E-state index in [9.17, 15) is 0 Å². The maximum atomic E-state index is 4.54. The van der Waals surface area contributed by atoms with Gasteiger partial charge in [-0.1, -0.05) is 0 Å². The molecule has 4 aromatic rings. The Kier molecular flexibility index (Phi) is 3.44. The molecule has 5 rings (SSSR count). The lowest BCUT2D eigenvalue weighted by atomic mass is 10.3. The fourth-order valence-electron chi connectivity index (χ4n) is 3.34. The summed E-state index contributed by atoms with van der Waals surface area (Å²) in [5.74, 6) is 1.92. The molecule has 126 valence electrons. The van der Waals surface area contributed by atoms with Gasteiger partial charge in [-0.2, -0.15) is 0 Å². The largest absolute Gasteiger partial charge is 0.354 e. The quantitative estimate of drug-likeness (QED) is 0.545. The van der Waals surface area contributed by atoms with Crippen LogP contribution in [0.25, 0.3) is 15.9 Å². The van der Waals surface area contributed by atoms with Gasteiger partial charge in [0.1, 0.15) is 23.3 Å². The number of hydrogen-bond donors (Lipinski definition) is 0. The molecule has 0 aliphatic carbocycles. The van der Waals surface area contributed by atoms with Crippen molar-refractivity contribution in [3.8, 4) is 0 Å². The van der Waals surface area contributed by atoms with E-state index in [-0.39, 0.29) is 0 Å². The molecule has 1 aliphatic heterocycles. The SMILES string of the molecule is c1cn2cnnc2c(N2CCCN(c3ncnc4sccc34)CC2)n1. The summed E-state index contributed by atoms with van der Waals surface area (Å²) in [7, 11) is 0. The van der Waals surface area contributed by atoms with Crippen molar-refractivity contribution in [3.05, 3.63) is 36.5 Å². The van der Waals surface area contributed by atoms with Crippen LogP contribution in [0.3, 0.4) is 0 Å².